The van der Waals surface area contributed by atoms with Gasteiger partial charge in [0.05, 0.1) is 6.04 Å². The van der Waals surface area contributed by atoms with E-state index < -0.39 is 10.0 Å². The molecule has 2 aromatic rings. The third-order valence-corrected chi connectivity index (χ3v) is 5.19. The quantitative estimate of drug-likeness (QED) is 0.889. The average molecular weight is 319 g/mol. The lowest BCUT2D eigenvalue weighted by molar-refractivity contribution is 0.588. The Morgan fingerprint density at radius 1 is 1.14 bits per heavy atom. The number of sulfonamides is 1. The third kappa shape index (κ3) is 3.45. The van der Waals surface area contributed by atoms with Crippen molar-refractivity contribution in [2.75, 3.05) is 12.4 Å². The Morgan fingerprint density at radius 2 is 1.86 bits per heavy atom. The first-order chi connectivity index (χ1) is 10.3. The minimum atomic E-state index is -3.45. The van der Waals surface area contributed by atoms with Gasteiger partial charge in [-0.15, -0.1) is 0 Å². The van der Waals surface area contributed by atoms with E-state index in [1.807, 2.05) is 6.07 Å². The number of benzene rings is 1. The van der Waals surface area contributed by atoms with Gasteiger partial charge in [0.1, 0.15) is 10.7 Å². The van der Waals surface area contributed by atoms with Gasteiger partial charge in [-0.1, -0.05) is 18.2 Å². The molecule has 0 fully saturated rings. The lowest BCUT2D eigenvalue weighted by atomic mass is 9.98. The molecule has 1 unspecified atom stereocenters. The normalized spacial score (nSPS) is 12.9. The second-order valence-corrected chi connectivity index (χ2v) is 7.13. The van der Waals surface area contributed by atoms with Crippen molar-refractivity contribution in [2.45, 2.75) is 31.7 Å². The number of pyridine rings is 1. The number of nitrogens with one attached hydrogen (secondary N) is 2. The number of anilines is 1. The largest absolute Gasteiger partial charge is 0.364 e. The van der Waals surface area contributed by atoms with Crippen LogP contribution < -0.4 is 10.0 Å². The highest BCUT2D eigenvalue weighted by Gasteiger charge is 2.13. The van der Waals surface area contributed by atoms with E-state index in [1.165, 1.54) is 36.0 Å². The maximum absolute atomic E-state index is 11.7. The summed E-state index contributed by atoms with van der Waals surface area (Å²) in [6, 6.07) is 9.49. The topological polar surface area (TPSA) is 71.1 Å². The van der Waals surface area contributed by atoms with Crippen LogP contribution in [0.4, 0.5) is 5.82 Å². The van der Waals surface area contributed by atoms with Crippen LogP contribution in [0.15, 0.2) is 41.4 Å². The van der Waals surface area contributed by atoms with E-state index in [0.717, 1.165) is 0 Å². The van der Waals surface area contributed by atoms with Crippen molar-refractivity contribution in [1.29, 1.82) is 0 Å². The van der Waals surface area contributed by atoms with Crippen LogP contribution in [0.25, 0.3) is 0 Å². The molecule has 0 amide bonds. The van der Waals surface area contributed by atoms with Gasteiger partial charge in [0, 0.05) is 6.20 Å². The fourth-order valence-corrected chi connectivity index (χ4v) is 2.96. The average Bonchev–Trinajstić information content (AvgIpc) is 2.50. The molecule has 5 nitrogen and oxygen atoms in total. The summed E-state index contributed by atoms with van der Waals surface area (Å²) in [4.78, 5) is 4.33. The van der Waals surface area contributed by atoms with E-state index in [9.17, 15) is 8.42 Å². The highest BCUT2D eigenvalue weighted by molar-refractivity contribution is 7.89. The maximum atomic E-state index is 11.7. The molecule has 0 aliphatic rings. The molecule has 1 atom stereocenters. The zero-order chi connectivity index (χ0) is 16.3. The van der Waals surface area contributed by atoms with Gasteiger partial charge in [-0.3, -0.25) is 0 Å². The highest BCUT2D eigenvalue weighted by Crippen LogP contribution is 2.23. The van der Waals surface area contributed by atoms with E-state index in [-0.39, 0.29) is 10.9 Å². The molecular formula is C16H21N3O2S. The smallest absolute Gasteiger partial charge is 0.241 e. The number of aromatic nitrogens is 1. The molecule has 1 heterocycles. The summed E-state index contributed by atoms with van der Waals surface area (Å²) in [5, 5.41) is 3.30. The van der Waals surface area contributed by atoms with Crippen LogP contribution in [-0.4, -0.2) is 20.4 Å². The summed E-state index contributed by atoms with van der Waals surface area (Å²) in [6.07, 6.45) is 1.35. The fraction of sp³-hybridized carbons (Fsp3) is 0.312. The molecule has 22 heavy (non-hydrogen) atoms. The first-order valence-electron chi connectivity index (χ1n) is 7.07. The number of nitrogens with zero attached hydrogens (tertiary/aromatic N) is 1. The van der Waals surface area contributed by atoms with Crippen molar-refractivity contribution >= 4 is 15.8 Å². The monoisotopic (exact) mass is 319 g/mol. The Kier molecular flexibility index (Phi) is 4.83. The van der Waals surface area contributed by atoms with Gasteiger partial charge in [0.15, 0.2) is 0 Å². The Morgan fingerprint density at radius 3 is 2.45 bits per heavy atom. The highest BCUT2D eigenvalue weighted by atomic mass is 32.2. The molecule has 0 radical (unpaired) electrons. The Labute approximate surface area is 131 Å². The van der Waals surface area contributed by atoms with Crippen LogP contribution in [0.2, 0.25) is 0 Å². The van der Waals surface area contributed by atoms with Crippen LogP contribution in [0.5, 0.6) is 0 Å². The molecule has 0 aliphatic heterocycles. The minimum Gasteiger partial charge on any atom is -0.364 e. The zero-order valence-corrected chi connectivity index (χ0v) is 14.0. The Balaban J connectivity index is 2.19. The van der Waals surface area contributed by atoms with Gasteiger partial charge >= 0.3 is 0 Å². The summed E-state index contributed by atoms with van der Waals surface area (Å²) < 4.78 is 25.6. The predicted octanol–water partition coefficient (Wildman–Crippen LogP) is 2.78. The number of rotatable bonds is 5. The first kappa shape index (κ1) is 16.5. The first-order valence-corrected chi connectivity index (χ1v) is 8.55. The van der Waals surface area contributed by atoms with Crippen molar-refractivity contribution < 1.29 is 8.42 Å². The molecule has 0 spiro atoms. The summed E-state index contributed by atoms with van der Waals surface area (Å²) in [5.41, 5.74) is 3.69. The summed E-state index contributed by atoms with van der Waals surface area (Å²) in [5.74, 6) is 0.642. The van der Waals surface area contributed by atoms with Crippen molar-refractivity contribution in [3.8, 4) is 0 Å². The maximum Gasteiger partial charge on any atom is 0.241 e. The predicted molar refractivity (Wildman–Crippen MR) is 88.4 cm³/mol. The summed E-state index contributed by atoms with van der Waals surface area (Å²) in [6.45, 7) is 6.24. The molecule has 2 N–H and O–H groups in total. The van der Waals surface area contributed by atoms with E-state index in [1.54, 1.807) is 6.07 Å². The van der Waals surface area contributed by atoms with Gasteiger partial charge in [-0.25, -0.2) is 18.1 Å². The molecule has 0 bridgehead atoms. The van der Waals surface area contributed by atoms with E-state index in [2.05, 4.69) is 47.9 Å². The van der Waals surface area contributed by atoms with Crippen LogP contribution >= 0.6 is 0 Å². The van der Waals surface area contributed by atoms with Crippen LogP contribution in [0.3, 0.4) is 0 Å². The minimum absolute atomic E-state index is 0.0826. The zero-order valence-electron chi connectivity index (χ0n) is 13.2. The number of aryl methyl sites for hydroxylation is 1. The molecule has 0 saturated heterocycles. The van der Waals surface area contributed by atoms with Crippen LogP contribution in [0, 0.1) is 13.8 Å². The molecule has 6 heteroatoms. The van der Waals surface area contributed by atoms with E-state index in [4.69, 9.17) is 0 Å². The number of hydrogen-bond donors (Lipinski definition) is 2. The Bertz CT molecular complexity index is 755. The molecular weight excluding hydrogens is 298 g/mol. The molecule has 118 valence electrons. The molecule has 1 aromatic heterocycles. The molecule has 2 rings (SSSR count). The van der Waals surface area contributed by atoms with E-state index in [0.29, 0.717) is 5.82 Å². The second kappa shape index (κ2) is 6.46. The standard InChI is InChI=1S/C16H21N3O2S/c1-11-6-5-7-15(12(11)2)13(3)19-16-9-8-14(10-18-16)22(20,21)17-4/h5-10,13,17H,1-4H3,(H,18,19). The molecule has 0 aliphatic carbocycles. The lowest BCUT2D eigenvalue weighted by Gasteiger charge is -2.18. The van der Waals surface area contributed by atoms with Crippen molar-refractivity contribution in [3.63, 3.8) is 0 Å². The van der Waals surface area contributed by atoms with Crippen molar-refractivity contribution in [1.82, 2.24) is 9.71 Å². The van der Waals surface area contributed by atoms with Crippen molar-refractivity contribution in [2.24, 2.45) is 0 Å². The Hall–Kier alpha value is -1.92. The third-order valence-electron chi connectivity index (χ3n) is 3.79. The number of hydrogen-bond acceptors (Lipinski definition) is 4. The summed E-state index contributed by atoms with van der Waals surface area (Å²) in [7, 11) is -2.07. The molecule has 1 aromatic carbocycles. The van der Waals surface area contributed by atoms with Crippen LogP contribution in [-0.2, 0) is 10.0 Å². The fourth-order valence-electron chi connectivity index (χ4n) is 2.28. The second-order valence-electron chi connectivity index (χ2n) is 5.24. The van der Waals surface area contributed by atoms with E-state index >= 15 is 0 Å². The summed E-state index contributed by atoms with van der Waals surface area (Å²) >= 11 is 0. The van der Waals surface area contributed by atoms with Gasteiger partial charge in [-0.2, -0.15) is 0 Å². The van der Waals surface area contributed by atoms with Crippen molar-refractivity contribution in [3.05, 3.63) is 53.2 Å². The van der Waals surface area contributed by atoms with Gasteiger partial charge in [-0.05, 0) is 56.6 Å². The van der Waals surface area contributed by atoms with Gasteiger partial charge in [0.25, 0.3) is 0 Å². The molecule has 0 saturated carbocycles. The SMILES string of the molecule is CNS(=O)(=O)c1ccc(NC(C)c2cccc(C)c2C)nc1. The van der Waals surface area contributed by atoms with Crippen LogP contribution in [0.1, 0.15) is 29.7 Å². The van der Waals surface area contributed by atoms with Gasteiger partial charge in [0.2, 0.25) is 10.0 Å². The van der Waals surface area contributed by atoms with Gasteiger partial charge < -0.3 is 5.32 Å². The lowest BCUT2D eigenvalue weighted by Crippen LogP contribution is -2.19.